The van der Waals surface area contributed by atoms with Crippen molar-refractivity contribution in [1.29, 1.82) is 0 Å². The van der Waals surface area contributed by atoms with Gasteiger partial charge in [0.2, 0.25) is 0 Å². The van der Waals surface area contributed by atoms with Crippen LogP contribution >= 0.6 is 11.8 Å². The van der Waals surface area contributed by atoms with Crippen molar-refractivity contribution in [1.82, 2.24) is 4.90 Å². The second-order valence-electron chi connectivity index (χ2n) is 6.55. The lowest BCUT2D eigenvalue weighted by Gasteiger charge is -2.41. The first-order valence-electron chi connectivity index (χ1n) is 8.01. The molecule has 124 valence electrons. The van der Waals surface area contributed by atoms with Crippen LogP contribution in [-0.4, -0.2) is 53.4 Å². The third kappa shape index (κ3) is 6.47. The number of rotatable bonds is 6. The third-order valence-electron chi connectivity index (χ3n) is 3.81. The fourth-order valence-electron chi connectivity index (χ4n) is 2.48. The van der Waals surface area contributed by atoms with E-state index < -0.39 is 5.60 Å². The maximum atomic E-state index is 12.1. The van der Waals surface area contributed by atoms with E-state index in [4.69, 9.17) is 9.47 Å². The first kappa shape index (κ1) is 18.6. The number of carbonyl (C=O) groups excluding carboxylic acids is 1. The highest BCUT2D eigenvalue weighted by Gasteiger charge is 2.36. The number of nitrogens with zero attached hydrogens (tertiary/aromatic N) is 1. The number of carbonyl (C=O) groups is 1. The summed E-state index contributed by atoms with van der Waals surface area (Å²) in [7, 11) is 0. The first-order chi connectivity index (χ1) is 9.82. The summed E-state index contributed by atoms with van der Waals surface area (Å²) in [6.45, 7) is 12.3. The SMILES string of the molecule is CCSCCOC1(CC)CCN(C(=O)OC(C)(C)C)CC1. The minimum absolute atomic E-state index is 0.0488. The average molecular weight is 317 g/mol. The molecule has 0 aromatic heterocycles. The Morgan fingerprint density at radius 2 is 1.86 bits per heavy atom. The van der Waals surface area contributed by atoms with Crippen LogP contribution in [0, 0.1) is 0 Å². The number of likely N-dealkylation sites (tertiary alicyclic amines) is 1. The van der Waals surface area contributed by atoms with Gasteiger partial charge in [0, 0.05) is 18.8 Å². The molecular formula is C16H31NO3S. The fourth-order valence-corrected chi connectivity index (χ4v) is 2.97. The highest BCUT2D eigenvalue weighted by atomic mass is 32.2. The second kappa shape index (κ2) is 8.28. The molecule has 0 radical (unpaired) electrons. The van der Waals surface area contributed by atoms with Crippen LogP contribution in [0.1, 0.15) is 53.9 Å². The summed E-state index contributed by atoms with van der Waals surface area (Å²) in [5, 5.41) is 0. The smallest absolute Gasteiger partial charge is 0.410 e. The van der Waals surface area contributed by atoms with Gasteiger partial charge < -0.3 is 14.4 Å². The van der Waals surface area contributed by atoms with Crippen molar-refractivity contribution in [2.24, 2.45) is 0 Å². The lowest BCUT2D eigenvalue weighted by molar-refractivity contribution is -0.0811. The molecule has 0 aromatic rings. The third-order valence-corrected chi connectivity index (χ3v) is 4.67. The molecule has 0 aliphatic carbocycles. The normalized spacial score (nSPS) is 18.6. The lowest BCUT2D eigenvalue weighted by Crippen LogP contribution is -2.49. The van der Waals surface area contributed by atoms with Crippen LogP contribution in [0.2, 0.25) is 0 Å². The summed E-state index contributed by atoms with van der Waals surface area (Å²) in [6, 6.07) is 0. The standard InChI is InChI=1S/C16H31NO3S/c1-6-16(19-12-13-21-7-2)8-10-17(11-9-16)14(18)20-15(3,4)5/h6-13H2,1-5H3. The van der Waals surface area contributed by atoms with Crippen molar-refractivity contribution in [2.75, 3.05) is 31.2 Å². The maximum Gasteiger partial charge on any atom is 0.410 e. The van der Waals surface area contributed by atoms with Crippen molar-refractivity contribution in [3.63, 3.8) is 0 Å². The van der Waals surface area contributed by atoms with Crippen molar-refractivity contribution < 1.29 is 14.3 Å². The van der Waals surface area contributed by atoms with Gasteiger partial charge in [0.25, 0.3) is 0 Å². The molecule has 0 N–H and O–H groups in total. The Balaban J connectivity index is 2.42. The van der Waals surface area contributed by atoms with Gasteiger partial charge in [-0.05, 0) is 45.8 Å². The predicted molar refractivity (Wildman–Crippen MR) is 89.0 cm³/mol. The molecule has 1 amide bonds. The Kier molecular flexibility index (Phi) is 7.34. The summed E-state index contributed by atoms with van der Waals surface area (Å²) in [6.07, 6.45) is 2.61. The van der Waals surface area contributed by atoms with Gasteiger partial charge >= 0.3 is 6.09 Å². The number of hydrogen-bond donors (Lipinski definition) is 0. The van der Waals surface area contributed by atoms with Crippen molar-refractivity contribution in [3.05, 3.63) is 0 Å². The Hall–Kier alpha value is -0.420. The topological polar surface area (TPSA) is 38.8 Å². The van der Waals surface area contributed by atoms with Gasteiger partial charge in [-0.2, -0.15) is 11.8 Å². The molecule has 1 saturated heterocycles. The van der Waals surface area contributed by atoms with Crippen LogP contribution in [0.3, 0.4) is 0 Å². The number of amides is 1. The van der Waals surface area contributed by atoms with Gasteiger partial charge in [0.1, 0.15) is 5.60 Å². The Labute approximate surface area is 133 Å². The minimum Gasteiger partial charge on any atom is -0.444 e. The molecule has 0 unspecified atom stereocenters. The molecule has 0 saturated carbocycles. The highest BCUT2D eigenvalue weighted by molar-refractivity contribution is 7.99. The lowest BCUT2D eigenvalue weighted by atomic mass is 9.88. The van der Waals surface area contributed by atoms with E-state index in [0.717, 1.165) is 50.5 Å². The molecule has 0 atom stereocenters. The molecule has 4 nitrogen and oxygen atoms in total. The van der Waals surface area contributed by atoms with E-state index in [0.29, 0.717) is 0 Å². The maximum absolute atomic E-state index is 12.1. The van der Waals surface area contributed by atoms with Crippen LogP contribution in [0.4, 0.5) is 4.79 Å². The van der Waals surface area contributed by atoms with Gasteiger partial charge in [-0.15, -0.1) is 0 Å². The Morgan fingerprint density at radius 3 is 2.33 bits per heavy atom. The van der Waals surface area contributed by atoms with Crippen molar-refractivity contribution >= 4 is 17.9 Å². The molecule has 0 bridgehead atoms. The van der Waals surface area contributed by atoms with E-state index in [1.54, 1.807) is 0 Å². The zero-order valence-corrected chi connectivity index (χ0v) is 15.1. The summed E-state index contributed by atoms with van der Waals surface area (Å²) in [5.74, 6) is 2.18. The summed E-state index contributed by atoms with van der Waals surface area (Å²) < 4.78 is 11.6. The predicted octanol–water partition coefficient (Wildman–Crippen LogP) is 3.94. The zero-order valence-electron chi connectivity index (χ0n) is 14.2. The van der Waals surface area contributed by atoms with E-state index in [-0.39, 0.29) is 11.7 Å². The van der Waals surface area contributed by atoms with Crippen molar-refractivity contribution in [2.45, 2.75) is 65.1 Å². The van der Waals surface area contributed by atoms with Crippen LogP contribution < -0.4 is 0 Å². The average Bonchev–Trinajstić information content (AvgIpc) is 2.42. The Bertz CT molecular complexity index is 320. The highest BCUT2D eigenvalue weighted by Crippen LogP contribution is 2.30. The van der Waals surface area contributed by atoms with E-state index in [1.807, 2.05) is 37.4 Å². The van der Waals surface area contributed by atoms with E-state index >= 15 is 0 Å². The minimum atomic E-state index is -0.426. The molecule has 0 aromatic carbocycles. The van der Waals surface area contributed by atoms with Crippen LogP contribution in [-0.2, 0) is 9.47 Å². The fraction of sp³-hybridized carbons (Fsp3) is 0.938. The van der Waals surface area contributed by atoms with E-state index in [1.165, 1.54) is 0 Å². The second-order valence-corrected chi connectivity index (χ2v) is 7.94. The Morgan fingerprint density at radius 1 is 1.24 bits per heavy atom. The molecule has 1 heterocycles. The summed E-state index contributed by atoms with van der Waals surface area (Å²) in [4.78, 5) is 13.9. The zero-order chi connectivity index (χ0) is 15.9. The molecule has 1 aliphatic heterocycles. The number of hydrogen-bond acceptors (Lipinski definition) is 4. The molecule has 5 heteroatoms. The van der Waals surface area contributed by atoms with Crippen LogP contribution in [0.15, 0.2) is 0 Å². The molecule has 0 spiro atoms. The quantitative estimate of drug-likeness (QED) is 0.696. The van der Waals surface area contributed by atoms with Crippen molar-refractivity contribution in [3.8, 4) is 0 Å². The van der Waals surface area contributed by atoms with Gasteiger partial charge in [0.15, 0.2) is 0 Å². The number of ether oxygens (including phenoxy) is 2. The molecule has 1 fully saturated rings. The van der Waals surface area contributed by atoms with Gasteiger partial charge in [0.05, 0.1) is 12.2 Å². The van der Waals surface area contributed by atoms with Gasteiger partial charge in [-0.1, -0.05) is 13.8 Å². The summed E-state index contributed by atoms with van der Waals surface area (Å²) in [5.41, 5.74) is -0.475. The van der Waals surface area contributed by atoms with Gasteiger partial charge in [-0.25, -0.2) is 4.79 Å². The van der Waals surface area contributed by atoms with E-state index in [2.05, 4.69) is 13.8 Å². The first-order valence-corrected chi connectivity index (χ1v) is 9.17. The molecule has 1 rings (SSSR count). The van der Waals surface area contributed by atoms with Crippen LogP contribution in [0.25, 0.3) is 0 Å². The van der Waals surface area contributed by atoms with Crippen LogP contribution in [0.5, 0.6) is 0 Å². The molecule has 1 aliphatic rings. The summed E-state index contributed by atoms with van der Waals surface area (Å²) >= 11 is 1.91. The monoisotopic (exact) mass is 317 g/mol. The van der Waals surface area contributed by atoms with E-state index in [9.17, 15) is 4.79 Å². The molecular weight excluding hydrogens is 286 g/mol. The number of piperidine rings is 1. The number of thioether (sulfide) groups is 1. The largest absolute Gasteiger partial charge is 0.444 e. The molecule has 21 heavy (non-hydrogen) atoms. The van der Waals surface area contributed by atoms with Gasteiger partial charge in [-0.3, -0.25) is 0 Å².